The lowest BCUT2D eigenvalue weighted by Gasteiger charge is -2.35. The lowest BCUT2D eigenvalue weighted by molar-refractivity contribution is -0.00275. The quantitative estimate of drug-likeness (QED) is 0.759. The SMILES string of the molecule is CC(C)CN(CC1(O)CCCC1)C(C)C. The normalized spacial score (nSPS) is 20.8. The van der Waals surface area contributed by atoms with Gasteiger partial charge in [-0.2, -0.15) is 0 Å². The predicted molar refractivity (Wildman–Crippen MR) is 65.0 cm³/mol. The van der Waals surface area contributed by atoms with Gasteiger partial charge in [0.2, 0.25) is 0 Å². The second kappa shape index (κ2) is 5.31. The lowest BCUT2D eigenvalue weighted by Crippen LogP contribution is -2.45. The van der Waals surface area contributed by atoms with E-state index in [1.54, 1.807) is 0 Å². The van der Waals surface area contributed by atoms with Crippen LogP contribution in [0.1, 0.15) is 53.4 Å². The molecule has 0 atom stereocenters. The van der Waals surface area contributed by atoms with Crippen LogP contribution in [0.5, 0.6) is 0 Å². The Morgan fingerprint density at radius 1 is 1.13 bits per heavy atom. The van der Waals surface area contributed by atoms with Crippen molar-refractivity contribution >= 4 is 0 Å². The Morgan fingerprint density at radius 2 is 1.67 bits per heavy atom. The molecule has 1 saturated carbocycles. The van der Waals surface area contributed by atoms with Crippen LogP contribution in [0.2, 0.25) is 0 Å². The average molecular weight is 213 g/mol. The summed E-state index contributed by atoms with van der Waals surface area (Å²) in [5.41, 5.74) is -0.390. The molecule has 1 N–H and O–H groups in total. The molecular weight excluding hydrogens is 186 g/mol. The fourth-order valence-electron chi connectivity index (χ4n) is 2.50. The molecule has 0 saturated heterocycles. The molecule has 0 aromatic heterocycles. The van der Waals surface area contributed by atoms with E-state index in [9.17, 15) is 5.11 Å². The van der Waals surface area contributed by atoms with E-state index in [2.05, 4.69) is 32.6 Å². The van der Waals surface area contributed by atoms with Gasteiger partial charge in [-0.1, -0.05) is 26.7 Å². The Bertz CT molecular complexity index is 183. The van der Waals surface area contributed by atoms with Gasteiger partial charge < -0.3 is 5.11 Å². The van der Waals surface area contributed by atoms with E-state index >= 15 is 0 Å². The highest BCUT2D eigenvalue weighted by Gasteiger charge is 2.33. The van der Waals surface area contributed by atoms with Gasteiger partial charge in [0.1, 0.15) is 0 Å². The van der Waals surface area contributed by atoms with Crippen molar-refractivity contribution in [3.05, 3.63) is 0 Å². The van der Waals surface area contributed by atoms with Gasteiger partial charge in [0, 0.05) is 19.1 Å². The maximum Gasteiger partial charge on any atom is 0.0774 e. The van der Waals surface area contributed by atoms with Gasteiger partial charge in [0.25, 0.3) is 0 Å². The molecule has 1 aliphatic rings. The van der Waals surface area contributed by atoms with Gasteiger partial charge in [0.05, 0.1) is 5.60 Å². The summed E-state index contributed by atoms with van der Waals surface area (Å²) in [6.07, 6.45) is 4.39. The molecule has 2 nitrogen and oxygen atoms in total. The molecule has 0 radical (unpaired) electrons. The Hall–Kier alpha value is -0.0800. The number of hydrogen-bond acceptors (Lipinski definition) is 2. The van der Waals surface area contributed by atoms with E-state index in [-0.39, 0.29) is 5.60 Å². The van der Waals surface area contributed by atoms with Crippen LogP contribution in [0.4, 0.5) is 0 Å². The topological polar surface area (TPSA) is 23.5 Å². The molecule has 1 rings (SSSR count). The van der Waals surface area contributed by atoms with Crippen LogP contribution in [0.25, 0.3) is 0 Å². The molecule has 0 aromatic rings. The summed E-state index contributed by atoms with van der Waals surface area (Å²) in [5.74, 6) is 0.678. The second-order valence-electron chi connectivity index (χ2n) is 5.85. The van der Waals surface area contributed by atoms with E-state index in [1.165, 1.54) is 12.8 Å². The molecular formula is C13H27NO. The summed E-state index contributed by atoms with van der Waals surface area (Å²) in [5, 5.41) is 10.4. The van der Waals surface area contributed by atoms with Crippen molar-refractivity contribution < 1.29 is 5.11 Å². The Morgan fingerprint density at radius 3 is 2.07 bits per heavy atom. The number of nitrogens with zero attached hydrogens (tertiary/aromatic N) is 1. The largest absolute Gasteiger partial charge is 0.389 e. The Labute approximate surface area is 94.7 Å². The molecule has 0 heterocycles. The third-order valence-electron chi connectivity index (χ3n) is 3.36. The molecule has 0 unspecified atom stereocenters. The third kappa shape index (κ3) is 4.12. The van der Waals surface area contributed by atoms with Crippen molar-refractivity contribution in [2.45, 2.75) is 65.0 Å². The third-order valence-corrected chi connectivity index (χ3v) is 3.36. The molecule has 0 spiro atoms. The van der Waals surface area contributed by atoms with Gasteiger partial charge in [-0.3, -0.25) is 4.90 Å². The molecule has 2 heteroatoms. The second-order valence-corrected chi connectivity index (χ2v) is 5.85. The minimum Gasteiger partial charge on any atom is -0.389 e. The van der Waals surface area contributed by atoms with Gasteiger partial charge in [-0.25, -0.2) is 0 Å². The molecule has 0 amide bonds. The van der Waals surface area contributed by atoms with Crippen LogP contribution in [0, 0.1) is 5.92 Å². The van der Waals surface area contributed by atoms with Crippen molar-refractivity contribution in [2.75, 3.05) is 13.1 Å². The van der Waals surface area contributed by atoms with Gasteiger partial charge in [-0.05, 0) is 32.6 Å². The molecule has 0 bridgehead atoms. The molecule has 90 valence electrons. The molecule has 1 aliphatic carbocycles. The van der Waals surface area contributed by atoms with Crippen molar-refractivity contribution in [1.29, 1.82) is 0 Å². The van der Waals surface area contributed by atoms with E-state index in [1.807, 2.05) is 0 Å². The highest BCUT2D eigenvalue weighted by Crippen LogP contribution is 2.30. The molecule has 0 aromatic carbocycles. The monoisotopic (exact) mass is 213 g/mol. The van der Waals surface area contributed by atoms with E-state index in [0.717, 1.165) is 25.9 Å². The summed E-state index contributed by atoms with van der Waals surface area (Å²) < 4.78 is 0. The van der Waals surface area contributed by atoms with Crippen LogP contribution in [-0.2, 0) is 0 Å². The zero-order valence-electron chi connectivity index (χ0n) is 10.8. The Balaban J connectivity index is 2.49. The number of aliphatic hydroxyl groups is 1. The zero-order chi connectivity index (χ0) is 11.5. The first kappa shape index (κ1) is 13.0. The number of rotatable bonds is 5. The first-order valence-corrected chi connectivity index (χ1v) is 6.39. The summed E-state index contributed by atoms with van der Waals surface area (Å²) >= 11 is 0. The molecule has 1 fully saturated rings. The highest BCUT2D eigenvalue weighted by atomic mass is 16.3. The zero-order valence-corrected chi connectivity index (χ0v) is 10.8. The maximum atomic E-state index is 10.4. The molecule has 15 heavy (non-hydrogen) atoms. The predicted octanol–water partition coefficient (Wildman–Crippen LogP) is 2.66. The lowest BCUT2D eigenvalue weighted by atomic mass is 10.00. The van der Waals surface area contributed by atoms with Gasteiger partial charge in [-0.15, -0.1) is 0 Å². The molecule has 0 aliphatic heterocycles. The summed E-state index contributed by atoms with van der Waals surface area (Å²) in [7, 11) is 0. The van der Waals surface area contributed by atoms with Crippen molar-refractivity contribution in [2.24, 2.45) is 5.92 Å². The van der Waals surface area contributed by atoms with E-state index < -0.39 is 0 Å². The minimum atomic E-state index is -0.390. The van der Waals surface area contributed by atoms with Crippen molar-refractivity contribution in [3.8, 4) is 0 Å². The van der Waals surface area contributed by atoms with Gasteiger partial charge >= 0.3 is 0 Å². The van der Waals surface area contributed by atoms with Crippen molar-refractivity contribution in [1.82, 2.24) is 4.90 Å². The van der Waals surface area contributed by atoms with Crippen LogP contribution >= 0.6 is 0 Å². The highest BCUT2D eigenvalue weighted by molar-refractivity contribution is 4.88. The van der Waals surface area contributed by atoms with Gasteiger partial charge in [0.15, 0.2) is 0 Å². The standard InChI is InChI=1S/C13H27NO/c1-11(2)9-14(12(3)4)10-13(15)7-5-6-8-13/h11-12,15H,5-10H2,1-4H3. The smallest absolute Gasteiger partial charge is 0.0774 e. The number of hydrogen-bond donors (Lipinski definition) is 1. The van der Waals surface area contributed by atoms with E-state index in [4.69, 9.17) is 0 Å². The Kier molecular flexibility index (Phi) is 4.60. The van der Waals surface area contributed by atoms with Crippen LogP contribution in [-0.4, -0.2) is 34.7 Å². The summed E-state index contributed by atoms with van der Waals surface area (Å²) in [6.45, 7) is 10.9. The fourth-order valence-corrected chi connectivity index (χ4v) is 2.50. The fraction of sp³-hybridized carbons (Fsp3) is 1.00. The minimum absolute atomic E-state index is 0.390. The van der Waals surface area contributed by atoms with Crippen molar-refractivity contribution in [3.63, 3.8) is 0 Å². The first-order chi connectivity index (χ1) is 6.93. The van der Waals surface area contributed by atoms with E-state index in [0.29, 0.717) is 12.0 Å². The summed E-state index contributed by atoms with van der Waals surface area (Å²) in [4.78, 5) is 2.43. The first-order valence-electron chi connectivity index (χ1n) is 6.39. The van der Waals surface area contributed by atoms with Crippen LogP contribution in [0.3, 0.4) is 0 Å². The van der Waals surface area contributed by atoms with Crippen LogP contribution in [0.15, 0.2) is 0 Å². The summed E-state index contributed by atoms with van der Waals surface area (Å²) in [6, 6.07) is 0.539. The average Bonchev–Trinajstić information content (AvgIpc) is 2.50. The maximum absolute atomic E-state index is 10.4. The van der Waals surface area contributed by atoms with Crippen LogP contribution < -0.4 is 0 Å².